The van der Waals surface area contributed by atoms with Crippen LogP contribution in [0.3, 0.4) is 0 Å². The van der Waals surface area contributed by atoms with Gasteiger partial charge in [0.2, 0.25) is 0 Å². The van der Waals surface area contributed by atoms with Gasteiger partial charge in [-0.2, -0.15) is 0 Å². The Morgan fingerprint density at radius 3 is 2.50 bits per heavy atom. The monoisotopic (exact) mass is 198 g/mol. The molecule has 84 valence electrons. The number of rotatable bonds is 4. The van der Waals surface area contributed by atoms with Gasteiger partial charge in [0.1, 0.15) is 0 Å². The molecule has 14 heavy (non-hydrogen) atoms. The first-order valence-corrected chi connectivity index (χ1v) is 5.96. The molecule has 1 fully saturated rings. The van der Waals surface area contributed by atoms with Crippen LogP contribution >= 0.6 is 0 Å². The molecule has 0 aromatic heterocycles. The fraction of sp³-hybridized carbons (Fsp3) is 1.00. The molecule has 1 aliphatic rings. The van der Waals surface area contributed by atoms with Gasteiger partial charge < -0.3 is 5.73 Å². The summed E-state index contributed by atoms with van der Waals surface area (Å²) in [5.74, 6) is 0.728. The molecule has 0 aromatic carbocycles. The first-order chi connectivity index (χ1) is 6.53. The van der Waals surface area contributed by atoms with Crippen molar-refractivity contribution in [3.05, 3.63) is 0 Å². The quantitative estimate of drug-likeness (QED) is 0.750. The normalized spacial score (nSPS) is 28.7. The number of nitrogens with zero attached hydrogens (tertiary/aromatic N) is 1. The topological polar surface area (TPSA) is 29.3 Å². The van der Waals surface area contributed by atoms with Crippen molar-refractivity contribution < 1.29 is 0 Å². The second kappa shape index (κ2) is 4.63. The Kier molecular flexibility index (Phi) is 3.96. The molecular formula is C12H26N2. The molecule has 0 spiro atoms. The standard InChI is InChI=1S/C12H26N2/c1-5-12(2,3)14(4)11-8-6-7-10(11)9-13/h10-11H,5-9,13H2,1-4H3. The first kappa shape index (κ1) is 12.0. The van der Waals surface area contributed by atoms with E-state index in [0.29, 0.717) is 5.54 Å². The Hall–Kier alpha value is -0.0800. The minimum Gasteiger partial charge on any atom is -0.330 e. The fourth-order valence-electron chi connectivity index (χ4n) is 2.50. The van der Waals surface area contributed by atoms with Crippen LogP contribution in [0.15, 0.2) is 0 Å². The van der Waals surface area contributed by atoms with Crippen molar-refractivity contribution in [1.82, 2.24) is 4.90 Å². The van der Waals surface area contributed by atoms with Gasteiger partial charge in [0.15, 0.2) is 0 Å². The second-order valence-electron chi connectivity index (χ2n) is 5.27. The van der Waals surface area contributed by atoms with Crippen molar-refractivity contribution in [3.8, 4) is 0 Å². The average molecular weight is 198 g/mol. The maximum Gasteiger partial charge on any atom is 0.0150 e. The fourth-order valence-corrected chi connectivity index (χ4v) is 2.50. The number of hydrogen-bond acceptors (Lipinski definition) is 2. The summed E-state index contributed by atoms with van der Waals surface area (Å²) in [4.78, 5) is 2.55. The largest absolute Gasteiger partial charge is 0.330 e. The van der Waals surface area contributed by atoms with E-state index in [4.69, 9.17) is 5.73 Å². The van der Waals surface area contributed by atoms with Crippen molar-refractivity contribution >= 4 is 0 Å². The Morgan fingerprint density at radius 2 is 2.00 bits per heavy atom. The van der Waals surface area contributed by atoms with E-state index >= 15 is 0 Å². The highest BCUT2D eigenvalue weighted by Gasteiger charge is 2.35. The van der Waals surface area contributed by atoms with Crippen molar-refractivity contribution in [1.29, 1.82) is 0 Å². The van der Waals surface area contributed by atoms with Gasteiger partial charge in [-0.1, -0.05) is 13.3 Å². The van der Waals surface area contributed by atoms with Gasteiger partial charge in [0.05, 0.1) is 0 Å². The molecule has 2 atom stereocenters. The summed E-state index contributed by atoms with van der Waals surface area (Å²) in [5.41, 5.74) is 6.14. The van der Waals surface area contributed by atoms with Gasteiger partial charge in [0.25, 0.3) is 0 Å². The lowest BCUT2D eigenvalue weighted by Crippen LogP contribution is -2.49. The van der Waals surface area contributed by atoms with Gasteiger partial charge in [-0.15, -0.1) is 0 Å². The highest BCUT2D eigenvalue weighted by Crippen LogP contribution is 2.33. The minimum atomic E-state index is 0.322. The van der Waals surface area contributed by atoms with Crippen LogP contribution in [0.1, 0.15) is 46.5 Å². The highest BCUT2D eigenvalue weighted by atomic mass is 15.2. The van der Waals surface area contributed by atoms with Crippen LogP contribution in [0.25, 0.3) is 0 Å². The SMILES string of the molecule is CCC(C)(C)N(C)C1CCCC1CN. The summed E-state index contributed by atoms with van der Waals surface area (Å²) in [6, 6.07) is 0.718. The van der Waals surface area contributed by atoms with Crippen molar-refractivity contribution in [2.75, 3.05) is 13.6 Å². The zero-order valence-electron chi connectivity index (χ0n) is 10.2. The molecule has 1 rings (SSSR count). The van der Waals surface area contributed by atoms with Gasteiger partial charge >= 0.3 is 0 Å². The van der Waals surface area contributed by atoms with Crippen LogP contribution in [0, 0.1) is 5.92 Å². The van der Waals surface area contributed by atoms with Crippen LogP contribution < -0.4 is 5.73 Å². The molecule has 1 saturated carbocycles. The van der Waals surface area contributed by atoms with Gasteiger partial charge in [-0.25, -0.2) is 0 Å². The third-order valence-corrected chi connectivity index (χ3v) is 4.24. The van der Waals surface area contributed by atoms with E-state index in [1.54, 1.807) is 0 Å². The molecule has 0 bridgehead atoms. The van der Waals surface area contributed by atoms with E-state index in [-0.39, 0.29) is 0 Å². The Balaban J connectivity index is 2.63. The molecular weight excluding hydrogens is 172 g/mol. The molecule has 2 nitrogen and oxygen atoms in total. The summed E-state index contributed by atoms with van der Waals surface area (Å²) < 4.78 is 0. The minimum absolute atomic E-state index is 0.322. The van der Waals surface area contributed by atoms with Crippen LogP contribution in [0.4, 0.5) is 0 Å². The lowest BCUT2D eigenvalue weighted by Gasteiger charge is -2.41. The van der Waals surface area contributed by atoms with E-state index in [1.807, 2.05) is 0 Å². The van der Waals surface area contributed by atoms with Crippen molar-refractivity contribution in [2.24, 2.45) is 11.7 Å². The summed E-state index contributed by atoms with van der Waals surface area (Å²) in [6.45, 7) is 7.79. The molecule has 2 heteroatoms. The van der Waals surface area contributed by atoms with E-state index in [9.17, 15) is 0 Å². The van der Waals surface area contributed by atoms with Gasteiger partial charge in [-0.3, -0.25) is 4.90 Å². The van der Waals surface area contributed by atoms with Crippen LogP contribution in [0.2, 0.25) is 0 Å². The maximum absolute atomic E-state index is 5.82. The average Bonchev–Trinajstić information content (AvgIpc) is 2.64. The Labute approximate surface area is 88.8 Å². The van der Waals surface area contributed by atoms with E-state index in [2.05, 4.69) is 32.7 Å². The second-order valence-corrected chi connectivity index (χ2v) is 5.27. The molecule has 0 saturated heterocycles. The summed E-state index contributed by atoms with van der Waals surface area (Å²) in [6.07, 6.45) is 5.22. The third kappa shape index (κ3) is 2.29. The molecule has 0 aliphatic heterocycles. The van der Waals surface area contributed by atoms with E-state index in [1.165, 1.54) is 25.7 Å². The third-order valence-electron chi connectivity index (χ3n) is 4.24. The van der Waals surface area contributed by atoms with Crippen molar-refractivity contribution in [3.63, 3.8) is 0 Å². The molecule has 2 unspecified atom stereocenters. The smallest absolute Gasteiger partial charge is 0.0150 e. The van der Waals surface area contributed by atoms with Gasteiger partial charge in [0, 0.05) is 11.6 Å². The zero-order chi connectivity index (χ0) is 10.8. The van der Waals surface area contributed by atoms with Crippen molar-refractivity contribution in [2.45, 2.75) is 58.0 Å². The lowest BCUT2D eigenvalue weighted by molar-refractivity contribution is 0.0773. The highest BCUT2D eigenvalue weighted by molar-refractivity contribution is 4.90. The molecule has 1 aliphatic carbocycles. The van der Waals surface area contributed by atoms with Crippen LogP contribution in [-0.2, 0) is 0 Å². The Morgan fingerprint density at radius 1 is 1.36 bits per heavy atom. The molecule has 0 aromatic rings. The van der Waals surface area contributed by atoms with Crippen LogP contribution in [0.5, 0.6) is 0 Å². The Bertz CT molecular complexity index is 177. The molecule has 0 radical (unpaired) electrons. The first-order valence-electron chi connectivity index (χ1n) is 5.96. The lowest BCUT2D eigenvalue weighted by atomic mass is 9.93. The van der Waals surface area contributed by atoms with Gasteiger partial charge in [-0.05, 0) is 52.6 Å². The van der Waals surface area contributed by atoms with E-state index in [0.717, 1.165) is 18.5 Å². The maximum atomic E-state index is 5.82. The molecule has 0 amide bonds. The summed E-state index contributed by atoms with van der Waals surface area (Å²) >= 11 is 0. The van der Waals surface area contributed by atoms with Crippen LogP contribution in [-0.4, -0.2) is 30.1 Å². The van der Waals surface area contributed by atoms with E-state index < -0.39 is 0 Å². The predicted octanol–water partition coefficient (Wildman–Crippen LogP) is 2.23. The zero-order valence-corrected chi connectivity index (χ0v) is 10.2. The molecule has 2 N–H and O–H groups in total. The number of nitrogens with two attached hydrogens (primary N) is 1. The summed E-state index contributed by atoms with van der Waals surface area (Å²) in [7, 11) is 2.27. The number of hydrogen-bond donors (Lipinski definition) is 1. The predicted molar refractivity (Wildman–Crippen MR) is 62.3 cm³/mol. The molecule has 0 heterocycles. The summed E-state index contributed by atoms with van der Waals surface area (Å²) in [5, 5.41) is 0.